The maximum absolute atomic E-state index is 11.3. The number of carbonyl (C=O) groups is 1. The Morgan fingerprint density at radius 2 is 1.94 bits per heavy atom. The van der Waals surface area contributed by atoms with Crippen molar-refractivity contribution in [1.29, 1.82) is 0 Å². The van der Waals surface area contributed by atoms with E-state index in [-0.39, 0.29) is 6.61 Å². The van der Waals surface area contributed by atoms with Crippen LogP contribution in [0.4, 0.5) is 10.5 Å². The molecule has 0 aliphatic carbocycles. The maximum atomic E-state index is 11.3. The van der Waals surface area contributed by atoms with Crippen LogP contribution in [0.5, 0.6) is 0 Å². The van der Waals surface area contributed by atoms with Crippen LogP contribution in [0.1, 0.15) is 0 Å². The molecule has 2 rings (SSSR count). The molecule has 0 aromatic heterocycles. The first-order chi connectivity index (χ1) is 8.29. The van der Waals surface area contributed by atoms with Crippen LogP contribution in [-0.2, 0) is 4.74 Å². The van der Waals surface area contributed by atoms with Gasteiger partial charge in [-0.1, -0.05) is 30.3 Å². The van der Waals surface area contributed by atoms with Gasteiger partial charge in [0.05, 0.1) is 0 Å². The van der Waals surface area contributed by atoms with Gasteiger partial charge in [-0.3, -0.25) is 5.32 Å². The van der Waals surface area contributed by atoms with E-state index in [1.165, 1.54) is 0 Å². The quantitative estimate of drug-likeness (QED) is 0.850. The van der Waals surface area contributed by atoms with Crippen molar-refractivity contribution < 1.29 is 9.53 Å². The standard InChI is InChI=1S/C13H14N2O2/c14-7-8-17-13(16)15-12-6-5-10-3-1-2-4-11(10)9-12/h1-6,9H,7-8,14H2,(H,15,16). The molecular weight excluding hydrogens is 216 g/mol. The Hall–Kier alpha value is -2.07. The minimum Gasteiger partial charge on any atom is -0.448 e. The molecule has 88 valence electrons. The first kappa shape index (κ1) is 11.4. The minimum absolute atomic E-state index is 0.222. The predicted octanol–water partition coefficient (Wildman–Crippen LogP) is 2.35. The summed E-state index contributed by atoms with van der Waals surface area (Å²) in [6.07, 6.45) is -0.481. The Morgan fingerprint density at radius 3 is 2.71 bits per heavy atom. The third-order valence-electron chi connectivity index (χ3n) is 2.35. The monoisotopic (exact) mass is 230 g/mol. The van der Waals surface area contributed by atoms with E-state index < -0.39 is 6.09 Å². The summed E-state index contributed by atoms with van der Waals surface area (Å²) >= 11 is 0. The Bertz CT molecular complexity index is 526. The van der Waals surface area contributed by atoms with Gasteiger partial charge in [0.1, 0.15) is 6.61 Å². The van der Waals surface area contributed by atoms with E-state index in [2.05, 4.69) is 5.32 Å². The number of hydrogen-bond donors (Lipinski definition) is 2. The van der Waals surface area contributed by atoms with Gasteiger partial charge in [0.2, 0.25) is 0 Å². The van der Waals surface area contributed by atoms with E-state index in [0.717, 1.165) is 10.8 Å². The Balaban J connectivity index is 2.11. The van der Waals surface area contributed by atoms with Crippen molar-refractivity contribution in [2.75, 3.05) is 18.5 Å². The van der Waals surface area contributed by atoms with Gasteiger partial charge in [0, 0.05) is 12.2 Å². The van der Waals surface area contributed by atoms with Crippen molar-refractivity contribution in [1.82, 2.24) is 0 Å². The van der Waals surface area contributed by atoms with E-state index in [1.807, 2.05) is 42.5 Å². The molecule has 2 aromatic carbocycles. The smallest absolute Gasteiger partial charge is 0.411 e. The van der Waals surface area contributed by atoms with Crippen molar-refractivity contribution >= 4 is 22.6 Å². The number of nitrogens with two attached hydrogens (primary N) is 1. The normalized spacial score (nSPS) is 10.2. The predicted molar refractivity (Wildman–Crippen MR) is 68.0 cm³/mol. The molecule has 0 radical (unpaired) electrons. The first-order valence-corrected chi connectivity index (χ1v) is 5.42. The number of anilines is 1. The van der Waals surface area contributed by atoms with Gasteiger partial charge in [0.25, 0.3) is 0 Å². The van der Waals surface area contributed by atoms with Crippen LogP contribution in [0.2, 0.25) is 0 Å². The first-order valence-electron chi connectivity index (χ1n) is 5.42. The van der Waals surface area contributed by atoms with Gasteiger partial charge in [-0.05, 0) is 22.9 Å². The molecule has 1 amide bonds. The molecule has 0 aliphatic heterocycles. The van der Waals surface area contributed by atoms with Crippen molar-refractivity contribution in [2.24, 2.45) is 5.73 Å². The van der Waals surface area contributed by atoms with Crippen LogP contribution < -0.4 is 11.1 Å². The highest BCUT2D eigenvalue weighted by atomic mass is 16.5. The Morgan fingerprint density at radius 1 is 1.18 bits per heavy atom. The molecule has 0 fully saturated rings. The lowest BCUT2D eigenvalue weighted by molar-refractivity contribution is 0.165. The number of hydrogen-bond acceptors (Lipinski definition) is 3. The third-order valence-corrected chi connectivity index (χ3v) is 2.35. The number of carbonyl (C=O) groups excluding carboxylic acids is 1. The van der Waals surface area contributed by atoms with Crippen molar-refractivity contribution in [2.45, 2.75) is 0 Å². The van der Waals surface area contributed by atoms with Crippen LogP contribution in [0.3, 0.4) is 0 Å². The highest BCUT2D eigenvalue weighted by Gasteiger charge is 2.02. The van der Waals surface area contributed by atoms with Gasteiger partial charge < -0.3 is 10.5 Å². The Kier molecular flexibility index (Phi) is 3.57. The van der Waals surface area contributed by atoms with Gasteiger partial charge in [-0.15, -0.1) is 0 Å². The highest BCUT2D eigenvalue weighted by molar-refractivity contribution is 5.91. The van der Waals surface area contributed by atoms with E-state index in [0.29, 0.717) is 12.2 Å². The van der Waals surface area contributed by atoms with Gasteiger partial charge in [0.15, 0.2) is 0 Å². The SMILES string of the molecule is NCCOC(=O)Nc1ccc2ccccc2c1. The fourth-order valence-electron chi connectivity index (χ4n) is 1.57. The highest BCUT2D eigenvalue weighted by Crippen LogP contribution is 2.18. The van der Waals surface area contributed by atoms with E-state index in [1.54, 1.807) is 0 Å². The van der Waals surface area contributed by atoms with Gasteiger partial charge >= 0.3 is 6.09 Å². The van der Waals surface area contributed by atoms with Crippen LogP contribution in [0.15, 0.2) is 42.5 Å². The van der Waals surface area contributed by atoms with Crippen LogP contribution in [0.25, 0.3) is 10.8 Å². The maximum Gasteiger partial charge on any atom is 0.411 e. The topological polar surface area (TPSA) is 64.3 Å². The number of ether oxygens (including phenoxy) is 1. The number of benzene rings is 2. The molecule has 0 heterocycles. The van der Waals surface area contributed by atoms with Crippen molar-refractivity contribution in [3.05, 3.63) is 42.5 Å². The van der Waals surface area contributed by atoms with Crippen LogP contribution in [-0.4, -0.2) is 19.2 Å². The lowest BCUT2D eigenvalue weighted by Crippen LogP contribution is -2.18. The molecule has 0 spiro atoms. The number of rotatable bonds is 3. The summed E-state index contributed by atoms with van der Waals surface area (Å²) in [7, 11) is 0. The molecule has 0 atom stereocenters. The second kappa shape index (κ2) is 5.32. The second-order valence-electron chi connectivity index (χ2n) is 3.61. The number of amides is 1. The van der Waals surface area contributed by atoms with E-state index in [4.69, 9.17) is 10.5 Å². The Labute approximate surface area is 99.4 Å². The van der Waals surface area contributed by atoms with E-state index >= 15 is 0 Å². The van der Waals surface area contributed by atoms with Gasteiger partial charge in [-0.25, -0.2) is 4.79 Å². The summed E-state index contributed by atoms with van der Waals surface area (Å²) in [6.45, 7) is 0.546. The molecule has 0 unspecified atom stereocenters. The summed E-state index contributed by atoms with van der Waals surface area (Å²) in [5, 5.41) is 4.86. The van der Waals surface area contributed by atoms with E-state index in [9.17, 15) is 4.79 Å². The molecule has 0 saturated heterocycles. The fraction of sp³-hybridized carbons (Fsp3) is 0.154. The zero-order valence-corrected chi connectivity index (χ0v) is 9.35. The van der Waals surface area contributed by atoms with Crippen LogP contribution >= 0.6 is 0 Å². The largest absolute Gasteiger partial charge is 0.448 e. The average molecular weight is 230 g/mol. The molecule has 4 heteroatoms. The molecule has 4 nitrogen and oxygen atoms in total. The molecule has 2 aromatic rings. The summed E-state index contributed by atoms with van der Waals surface area (Å²) in [4.78, 5) is 11.3. The lowest BCUT2D eigenvalue weighted by atomic mass is 10.1. The zero-order chi connectivity index (χ0) is 12.1. The molecule has 3 N–H and O–H groups in total. The molecule has 0 bridgehead atoms. The van der Waals surface area contributed by atoms with Gasteiger partial charge in [-0.2, -0.15) is 0 Å². The minimum atomic E-state index is -0.481. The number of nitrogens with one attached hydrogen (secondary N) is 1. The summed E-state index contributed by atoms with van der Waals surface area (Å²) in [5.74, 6) is 0. The number of fused-ring (bicyclic) bond motifs is 1. The fourth-order valence-corrected chi connectivity index (χ4v) is 1.57. The molecule has 0 saturated carbocycles. The average Bonchev–Trinajstić information content (AvgIpc) is 2.36. The summed E-state index contributed by atoms with van der Waals surface area (Å²) in [5.41, 5.74) is 5.95. The van der Waals surface area contributed by atoms with Crippen molar-refractivity contribution in [3.8, 4) is 0 Å². The second-order valence-corrected chi connectivity index (χ2v) is 3.61. The summed E-state index contributed by atoms with van der Waals surface area (Å²) in [6, 6.07) is 13.6. The summed E-state index contributed by atoms with van der Waals surface area (Å²) < 4.78 is 4.83. The third kappa shape index (κ3) is 2.95. The van der Waals surface area contributed by atoms with Crippen LogP contribution in [0, 0.1) is 0 Å². The van der Waals surface area contributed by atoms with Crippen molar-refractivity contribution in [3.63, 3.8) is 0 Å². The molecule has 17 heavy (non-hydrogen) atoms. The molecular formula is C13H14N2O2. The lowest BCUT2D eigenvalue weighted by Gasteiger charge is -2.06. The zero-order valence-electron chi connectivity index (χ0n) is 9.35. The molecule has 0 aliphatic rings.